The summed E-state index contributed by atoms with van der Waals surface area (Å²) in [7, 11) is 1.37. The molecule has 0 unspecified atom stereocenters. The summed E-state index contributed by atoms with van der Waals surface area (Å²) in [5.41, 5.74) is 0. The average Bonchev–Trinajstić information content (AvgIpc) is 3.19. The Kier molecular flexibility index (Phi) is 4.29. The summed E-state index contributed by atoms with van der Waals surface area (Å²) >= 11 is 0. The molecule has 3 saturated heterocycles. The third-order valence-electron chi connectivity index (χ3n) is 6.54. The number of rotatable bonds is 1. The molecule has 26 heavy (non-hydrogen) atoms. The first-order chi connectivity index (χ1) is 12.6. The highest BCUT2D eigenvalue weighted by atomic mass is 16.9. The van der Waals surface area contributed by atoms with Gasteiger partial charge in [-0.05, 0) is 25.7 Å². The second-order valence-electron chi connectivity index (χ2n) is 8.26. The molecular weight excluding hydrogens is 340 g/mol. The molecule has 5 rings (SSSR count). The van der Waals surface area contributed by atoms with Gasteiger partial charge in [0.2, 0.25) is 0 Å². The summed E-state index contributed by atoms with van der Waals surface area (Å²) in [4.78, 5) is 12.4. The zero-order chi connectivity index (χ0) is 17.8. The van der Waals surface area contributed by atoms with Crippen LogP contribution in [0.15, 0.2) is 0 Å². The predicted octanol–water partition coefficient (Wildman–Crippen LogP) is 2.40. The molecule has 0 aromatic rings. The van der Waals surface area contributed by atoms with Crippen LogP contribution in [0.4, 0.5) is 0 Å². The Balaban J connectivity index is 1.43. The molecule has 7 nitrogen and oxygen atoms in total. The van der Waals surface area contributed by atoms with E-state index in [1.807, 2.05) is 0 Å². The molecular formula is C19H28O7. The van der Waals surface area contributed by atoms with Gasteiger partial charge in [0, 0.05) is 25.7 Å². The fraction of sp³-hybridized carbons (Fsp3) is 0.947. The summed E-state index contributed by atoms with van der Waals surface area (Å²) in [5, 5.41) is 0. The van der Waals surface area contributed by atoms with Crippen LogP contribution in [0, 0.1) is 0 Å². The molecule has 5 atom stereocenters. The fourth-order valence-corrected chi connectivity index (χ4v) is 5.26. The first-order valence-corrected chi connectivity index (χ1v) is 10.1. The van der Waals surface area contributed by atoms with Gasteiger partial charge < -0.3 is 28.4 Å². The third-order valence-corrected chi connectivity index (χ3v) is 6.54. The van der Waals surface area contributed by atoms with E-state index in [9.17, 15) is 4.79 Å². The van der Waals surface area contributed by atoms with Crippen molar-refractivity contribution in [1.82, 2.24) is 0 Å². The van der Waals surface area contributed by atoms with Crippen molar-refractivity contribution < 1.29 is 33.2 Å². The van der Waals surface area contributed by atoms with Crippen molar-refractivity contribution in [3.63, 3.8) is 0 Å². The van der Waals surface area contributed by atoms with Gasteiger partial charge >= 0.3 is 5.97 Å². The van der Waals surface area contributed by atoms with E-state index in [1.165, 1.54) is 20.0 Å². The molecule has 5 fully saturated rings. The Hall–Kier alpha value is -0.730. The number of hydrogen-bond acceptors (Lipinski definition) is 7. The minimum absolute atomic E-state index is 0.361. The van der Waals surface area contributed by atoms with Crippen LogP contribution in [0.3, 0.4) is 0 Å². The van der Waals surface area contributed by atoms with Gasteiger partial charge in [-0.15, -0.1) is 0 Å². The standard InChI is InChI=1S/C19H28O7/c1-21-16(20)14-12-13(24-18(23-12)8-4-2-5-9-18)15-17(22-14)26-19(25-15)10-6-3-7-11-19/h12-15,17H,2-11H2,1H3/t12-,13+,14-,15-,17+/m1/s1. The van der Waals surface area contributed by atoms with E-state index in [2.05, 4.69) is 0 Å². The third kappa shape index (κ3) is 2.71. The number of methoxy groups -OCH3 is 1. The van der Waals surface area contributed by atoms with Gasteiger partial charge in [0.1, 0.15) is 18.3 Å². The van der Waals surface area contributed by atoms with Gasteiger partial charge in [-0.2, -0.15) is 0 Å². The molecule has 5 aliphatic rings. The maximum Gasteiger partial charge on any atom is 0.337 e. The van der Waals surface area contributed by atoms with Crippen LogP contribution in [-0.4, -0.2) is 55.4 Å². The Labute approximate surface area is 153 Å². The minimum Gasteiger partial charge on any atom is -0.467 e. The lowest BCUT2D eigenvalue weighted by Gasteiger charge is -2.35. The van der Waals surface area contributed by atoms with Crippen LogP contribution >= 0.6 is 0 Å². The van der Waals surface area contributed by atoms with Gasteiger partial charge in [0.25, 0.3) is 0 Å². The van der Waals surface area contributed by atoms with Crippen LogP contribution in [0.25, 0.3) is 0 Å². The normalized spacial score (nSPS) is 43.2. The lowest BCUT2D eigenvalue weighted by atomic mass is 9.94. The molecule has 7 heteroatoms. The number of carbonyl (C=O) groups is 1. The second-order valence-corrected chi connectivity index (χ2v) is 8.26. The lowest BCUT2D eigenvalue weighted by Crippen LogP contribution is -2.57. The van der Waals surface area contributed by atoms with Crippen molar-refractivity contribution in [2.45, 2.75) is 106 Å². The van der Waals surface area contributed by atoms with Crippen LogP contribution in [0.5, 0.6) is 0 Å². The van der Waals surface area contributed by atoms with E-state index in [0.29, 0.717) is 0 Å². The van der Waals surface area contributed by atoms with Gasteiger partial charge in [-0.3, -0.25) is 0 Å². The van der Waals surface area contributed by atoms with Gasteiger partial charge in [0.15, 0.2) is 24.0 Å². The highest BCUT2D eigenvalue weighted by molar-refractivity contribution is 5.75. The van der Waals surface area contributed by atoms with Crippen molar-refractivity contribution in [3.8, 4) is 0 Å². The SMILES string of the molecule is COC(=O)[C@@H]1O[C@H]2OC3(CCCCC3)O[C@@H]2[C@H]2OC3(CCCCC3)O[C@H]21. The molecule has 0 N–H and O–H groups in total. The summed E-state index contributed by atoms with van der Waals surface area (Å²) < 4.78 is 36.4. The molecule has 2 aliphatic carbocycles. The van der Waals surface area contributed by atoms with Crippen molar-refractivity contribution in [1.29, 1.82) is 0 Å². The predicted molar refractivity (Wildman–Crippen MR) is 88.0 cm³/mol. The van der Waals surface area contributed by atoms with E-state index in [4.69, 9.17) is 28.4 Å². The van der Waals surface area contributed by atoms with Gasteiger partial charge in [-0.25, -0.2) is 4.79 Å². The zero-order valence-electron chi connectivity index (χ0n) is 15.3. The van der Waals surface area contributed by atoms with E-state index in [1.54, 1.807) is 0 Å². The molecule has 0 aromatic carbocycles. The van der Waals surface area contributed by atoms with E-state index < -0.39 is 36.0 Å². The van der Waals surface area contributed by atoms with Crippen molar-refractivity contribution in [2.75, 3.05) is 7.11 Å². The monoisotopic (exact) mass is 368 g/mol. The Morgan fingerprint density at radius 2 is 1.31 bits per heavy atom. The summed E-state index contributed by atoms with van der Waals surface area (Å²) in [6.07, 6.45) is 7.40. The van der Waals surface area contributed by atoms with E-state index in [0.717, 1.165) is 51.4 Å². The van der Waals surface area contributed by atoms with Crippen LogP contribution in [0.2, 0.25) is 0 Å². The summed E-state index contributed by atoms with van der Waals surface area (Å²) in [6.45, 7) is 0. The molecule has 3 aliphatic heterocycles. The Morgan fingerprint density at radius 3 is 1.92 bits per heavy atom. The fourth-order valence-electron chi connectivity index (χ4n) is 5.26. The molecule has 146 valence electrons. The Bertz CT molecular complexity index is 552. The number of esters is 1. The summed E-state index contributed by atoms with van der Waals surface area (Å²) in [6, 6.07) is 0. The van der Waals surface area contributed by atoms with Gasteiger partial charge in [0.05, 0.1) is 7.11 Å². The quantitative estimate of drug-likeness (QED) is 0.658. The number of hydrogen-bond donors (Lipinski definition) is 0. The largest absolute Gasteiger partial charge is 0.467 e. The smallest absolute Gasteiger partial charge is 0.337 e. The maximum atomic E-state index is 12.4. The topological polar surface area (TPSA) is 72.5 Å². The Morgan fingerprint density at radius 1 is 0.769 bits per heavy atom. The van der Waals surface area contributed by atoms with E-state index >= 15 is 0 Å². The highest BCUT2D eigenvalue weighted by Crippen LogP contribution is 2.50. The second kappa shape index (κ2) is 6.41. The molecule has 3 heterocycles. The number of ether oxygens (including phenoxy) is 6. The molecule has 2 saturated carbocycles. The van der Waals surface area contributed by atoms with Crippen molar-refractivity contribution in [2.24, 2.45) is 0 Å². The summed E-state index contributed by atoms with van der Waals surface area (Å²) in [5.74, 6) is -1.67. The molecule has 0 amide bonds. The minimum atomic E-state index is -0.838. The molecule has 0 aromatic heterocycles. The molecule has 0 radical (unpaired) electrons. The lowest BCUT2D eigenvalue weighted by molar-refractivity contribution is -0.251. The zero-order valence-corrected chi connectivity index (χ0v) is 15.3. The highest BCUT2D eigenvalue weighted by Gasteiger charge is 2.65. The maximum absolute atomic E-state index is 12.4. The van der Waals surface area contributed by atoms with Crippen LogP contribution < -0.4 is 0 Å². The van der Waals surface area contributed by atoms with Crippen molar-refractivity contribution in [3.05, 3.63) is 0 Å². The van der Waals surface area contributed by atoms with E-state index in [-0.39, 0.29) is 12.2 Å². The number of carbonyl (C=O) groups excluding carboxylic acids is 1. The van der Waals surface area contributed by atoms with Crippen LogP contribution in [-0.2, 0) is 33.2 Å². The van der Waals surface area contributed by atoms with Crippen molar-refractivity contribution >= 4 is 5.97 Å². The molecule has 2 spiro atoms. The molecule has 0 bridgehead atoms. The van der Waals surface area contributed by atoms with Crippen LogP contribution in [0.1, 0.15) is 64.2 Å². The number of fused-ring (bicyclic) bond motifs is 3. The van der Waals surface area contributed by atoms with Gasteiger partial charge in [-0.1, -0.05) is 12.8 Å². The first kappa shape index (κ1) is 17.4. The first-order valence-electron chi connectivity index (χ1n) is 10.1. The average molecular weight is 368 g/mol.